The summed E-state index contributed by atoms with van der Waals surface area (Å²) in [6.45, 7) is 0. The smallest absolute Gasteiger partial charge is 0.0939 e. The highest BCUT2D eigenvalue weighted by molar-refractivity contribution is 9.11. The van der Waals surface area contributed by atoms with Gasteiger partial charge in [0.2, 0.25) is 0 Å². The maximum absolute atomic E-state index is 6.68. The molecule has 0 amide bonds. The van der Waals surface area contributed by atoms with Crippen LogP contribution in [0.2, 0.25) is 0 Å². The lowest BCUT2D eigenvalue weighted by Gasteiger charge is -2.10. The number of alkyl halides is 1. The molecule has 1 aliphatic rings. The Kier molecular flexibility index (Phi) is 4.64. The van der Waals surface area contributed by atoms with E-state index in [1.54, 1.807) is 0 Å². The van der Waals surface area contributed by atoms with E-state index in [-0.39, 0.29) is 5.38 Å². The third-order valence-electron chi connectivity index (χ3n) is 3.13. The first-order valence-electron chi connectivity index (χ1n) is 5.93. The van der Waals surface area contributed by atoms with Gasteiger partial charge in [-0.25, -0.2) is 0 Å². The van der Waals surface area contributed by atoms with Crippen molar-refractivity contribution >= 4 is 66.6 Å². The van der Waals surface area contributed by atoms with E-state index in [1.807, 2.05) is 35.2 Å². The Morgan fingerprint density at radius 2 is 2.05 bits per heavy atom. The first-order chi connectivity index (χ1) is 9.15. The fraction of sp³-hybridized carbons (Fsp3) is 0.286. The van der Waals surface area contributed by atoms with E-state index in [9.17, 15) is 0 Å². The maximum atomic E-state index is 6.68. The van der Waals surface area contributed by atoms with Gasteiger partial charge in [-0.15, -0.1) is 22.9 Å². The molecule has 1 aromatic heterocycles. The minimum Gasteiger partial charge on any atom is -0.157 e. The molecule has 0 radical (unpaired) electrons. The van der Waals surface area contributed by atoms with Crippen molar-refractivity contribution in [1.29, 1.82) is 0 Å². The van der Waals surface area contributed by atoms with E-state index in [4.69, 9.17) is 11.6 Å². The Balaban J connectivity index is 1.97. The van der Waals surface area contributed by atoms with Crippen LogP contribution in [-0.2, 0) is 12.2 Å². The molecule has 1 aliphatic heterocycles. The summed E-state index contributed by atoms with van der Waals surface area (Å²) in [4.78, 5) is 2.78. The second-order valence-corrected chi connectivity index (χ2v) is 8.91. The Morgan fingerprint density at radius 1 is 1.21 bits per heavy atom. The van der Waals surface area contributed by atoms with Crippen LogP contribution in [-0.4, -0.2) is 5.75 Å². The van der Waals surface area contributed by atoms with Crippen LogP contribution in [0.15, 0.2) is 33.2 Å². The van der Waals surface area contributed by atoms with Crippen molar-refractivity contribution in [3.05, 3.63) is 54.1 Å². The molecule has 1 unspecified atom stereocenters. The molecule has 1 atom stereocenters. The number of thiophene rings is 1. The van der Waals surface area contributed by atoms with Gasteiger partial charge in [-0.2, -0.15) is 11.8 Å². The fourth-order valence-electron chi connectivity index (χ4n) is 2.16. The second-order valence-electron chi connectivity index (χ2n) is 4.43. The topological polar surface area (TPSA) is 0 Å². The van der Waals surface area contributed by atoms with Crippen molar-refractivity contribution in [2.75, 3.05) is 5.75 Å². The minimum atomic E-state index is -0.0764. The summed E-state index contributed by atoms with van der Waals surface area (Å²) < 4.78 is 2.13. The van der Waals surface area contributed by atoms with Gasteiger partial charge in [-0.05, 0) is 47.6 Å². The molecule has 0 saturated carbocycles. The molecule has 100 valence electrons. The Labute approximate surface area is 143 Å². The van der Waals surface area contributed by atoms with E-state index in [0.29, 0.717) is 0 Å². The second kappa shape index (κ2) is 6.10. The number of hydrogen-bond donors (Lipinski definition) is 0. The zero-order valence-corrected chi connectivity index (χ0v) is 15.5. The molecule has 19 heavy (non-hydrogen) atoms. The molecule has 2 heterocycles. The molecular weight excluding hydrogens is 428 g/mol. The molecule has 0 fully saturated rings. The summed E-state index contributed by atoms with van der Waals surface area (Å²) in [7, 11) is 0. The quantitative estimate of drug-likeness (QED) is 0.490. The molecule has 0 bridgehead atoms. The largest absolute Gasteiger partial charge is 0.157 e. The fourth-order valence-corrected chi connectivity index (χ4v) is 5.89. The summed E-state index contributed by atoms with van der Waals surface area (Å²) in [6, 6.07) is 8.44. The first-order valence-corrected chi connectivity index (χ1v) is 9.93. The average molecular weight is 439 g/mol. The van der Waals surface area contributed by atoms with Crippen LogP contribution in [0.5, 0.6) is 0 Å². The summed E-state index contributed by atoms with van der Waals surface area (Å²) in [5.74, 6) is 2.37. The van der Waals surface area contributed by atoms with Gasteiger partial charge in [0, 0.05) is 24.5 Å². The summed E-state index contributed by atoms with van der Waals surface area (Å²) in [5, 5.41) is -0.0764. The number of thioether (sulfide) groups is 1. The maximum Gasteiger partial charge on any atom is 0.0939 e. The lowest BCUT2D eigenvalue weighted by molar-refractivity contribution is 1.13. The molecule has 3 rings (SSSR count). The number of halogens is 3. The van der Waals surface area contributed by atoms with E-state index < -0.39 is 0 Å². The van der Waals surface area contributed by atoms with Gasteiger partial charge < -0.3 is 0 Å². The van der Waals surface area contributed by atoms with Crippen LogP contribution in [0, 0.1) is 0 Å². The minimum absolute atomic E-state index is 0.0764. The van der Waals surface area contributed by atoms with E-state index in [0.717, 1.165) is 20.3 Å². The highest BCUT2D eigenvalue weighted by Gasteiger charge is 2.20. The Bertz CT molecular complexity index is 586. The van der Waals surface area contributed by atoms with Gasteiger partial charge in [0.25, 0.3) is 0 Å². The van der Waals surface area contributed by atoms with Crippen molar-refractivity contribution in [3.63, 3.8) is 0 Å². The van der Waals surface area contributed by atoms with Gasteiger partial charge in [-0.3, -0.25) is 0 Å². The predicted molar refractivity (Wildman–Crippen MR) is 93.7 cm³/mol. The number of aryl methyl sites for hydroxylation is 1. The van der Waals surface area contributed by atoms with Crippen molar-refractivity contribution < 1.29 is 0 Å². The average Bonchev–Trinajstić information content (AvgIpc) is 2.84. The lowest BCUT2D eigenvalue weighted by Crippen LogP contribution is -1.96. The highest BCUT2D eigenvalue weighted by atomic mass is 79.9. The van der Waals surface area contributed by atoms with Gasteiger partial charge in [0.05, 0.1) is 5.38 Å². The molecular formula is C14H11Br2ClS2. The molecule has 1 aromatic carbocycles. The zero-order valence-electron chi connectivity index (χ0n) is 9.96. The van der Waals surface area contributed by atoms with Gasteiger partial charge in [-0.1, -0.05) is 31.9 Å². The molecule has 0 spiro atoms. The summed E-state index contributed by atoms with van der Waals surface area (Å²) >= 11 is 17.7. The zero-order chi connectivity index (χ0) is 13.4. The number of rotatable bonds is 2. The van der Waals surface area contributed by atoms with Crippen LogP contribution in [0.3, 0.4) is 0 Å². The van der Waals surface area contributed by atoms with E-state index >= 15 is 0 Å². The van der Waals surface area contributed by atoms with Crippen molar-refractivity contribution in [2.24, 2.45) is 0 Å². The van der Waals surface area contributed by atoms with E-state index in [1.165, 1.54) is 27.5 Å². The molecule has 5 heteroatoms. The predicted octanol–water partition coefficient (Wildman–Crippen LogP) is 6.39. The Hall–Kier alpha value is 0.520. The van der Waals surface area contributed by atoms with Gasteiger partial charge >= 0.3 is 0 Å². The highest BCUT2D eigenvalue weighted by Crippen LogP contribution is 2.41. The van der Waals surface area contributed by atoms with Crippen molar-refractivity contribution in [1.82, 2.24) is 0 Å². The Morgan fingerprint density at radius 3 is 2.84 bits per heavy atom. The molecule has 0 N–H and O–H groups in total. The molecule has 2 aromatic rings. The third-order valence-corrected chi connectivity index (χ3v) is 7.25. The lowest BCUT2D eigenvalue weighted by atomic mass is 10.1. The summed E-state index contributed by atoms with van der Waals surface area (Å²) in [5.41, 5.74) is 2.61. The van der Waals surface area contributed by atoms with Crippen molar-refractivity contribution in [3.8, 4) is 0 Å². The van der Waals surface area contributed by atoms with Gasteiger partial charge in [0.15, 0.2) is 0 Å². The molecule has 0 saturated heterocycles. The van der Waals surface area contributed by atoms with Crippen LogP contribution >= 0.6 is 66.6 Å². The monoisotopic (exact) mass is 436 g/mol. The first kappa shape index (κ1) is 14.5. The SMILES string of the molecule is ClC(c1cc2c(s1)CCSC2)c1cc(Br)ccc1Br. The van der Waals surface area contributed by atoms with Crippen LogP contribution in [0.4, 0.5) is 0 Å². The van der Waals surface area contributed by atoms with Crippen LogP contribution < -0.4 is 0 Å². The number of benzene rings is 1. The summed E-state index contributed by atoms with van der Waals surface area (Å²) in [6.07, 6.45) is 1.19. The standard InChI is InChI=1S/C14H11Br2ClS2/c15-9-1-2-11(16)10(6-9)14(17)13-5-8-7-18-4-3-12(8)19-13/h1-2,5-6,14H,3-4,7H2. The van der Waals surface area contributed by atoms with E-state index in [2.05, 4.69) is 44.0 Å². The van der Waals surface area contributed by atoms with Crippen LogP contribution in [0.1, 0.15) is 26.3 Å². The number of fused-ring (bicyclic) bond motifs is 1. The molecule has 0 nitrogen and oxygen atoms in total. The number of hydrogen-bond acceptors (Lipinski definition) is 2. The molecule has 0 aliphatic carbocycles. The van der Waals surface area contributed by atoms with Crippen LogP contribution in [0.25, 0.3) is 0 Å². The van der Waals surface area contributed by atoms with Crippen molar-refractivity contribution in [2.45, 2.75) is 17.6 Å². The van der Waals surface area contributed by atoms with Gasteiger partial charge in [0.1, 0.15) is 0 Å². The normalized spacial score (nSPS) is 16.2. The third kappa shape index (κ3) is 3.08.